The first-order chi connectivity index (χ1) is 11.4. The molecule has 0 radical (unpaired) electrons. The molecule has 1 aromatic carbocycles. The fraction of sp³-hybridized carbons (Fsp3) is 0.500. The normalized spacial score (nSPS) is 16.2. The molecule has 1 aliphatic carbocycles. The third-order valence-corrected chi connectivity index (χ3v) is 4.61. The summed E-state index contributed by atoms with van der Waals surface area (Å²) in [4.78, 5) is 35.3. The smallest absolute Gasteiger partial charge is 0.303 e. The van der Waals surface area contributed by atoms with Gasteiger partial charge in [0.05, 0.1) is 6.42 Å². The fourth-order valence-electron chi connectivity index (χ4n) is 3.47. The van der Waals surface area contributed by atoms with Gasteiger partial charge in [-0.25, -0.2) is 0 Å². The number of carboxylic acids is 1. The van der Waals surface area contributed by atoms with Gasteiger partial charge in [-0.2, -0.15) is 0 Å². The molecule has 0 bridgehead atoms. The fourth-order valence-corrected chi connectivity index (χ4v) is 3.47. The van der Waals surface area contributed by atoms with Gasteiger partial charge in [-0.3, -0.25) is 14.4 Å². The average molecular weight is 332 g/mol. The number of carbonyl (C=O) groups excluding carboxylic acids is 2. The molecular weight excluding hydrogens is 308 g/mol. The maximum Gasteiger partial charge on any atom is 0.303 e. The second kappa shape index (κ2) is 7.95. The lowest BCUT2D eigenvalue weighted by atomic mass is 9.69. The third kappa shape index (κ3) is 4.81. The van der Waals surface area contributed by atoms with E-state index in [4.69, 9.17) is 0 Å². The van der Waals surface area contributed by atoms with Crippen molar-refractivity contribution in [2.45, 2.75) is 44.9 Å². The zero-order valence-corrected chi connectivity index (χ0v) is 13.9. The summed E-state index contributed by atoms with van der Waals surface area (Å²) in [6.45, 7) is 0. The van der Waals surface area contributed by atoms with Gasteiger partial charge in [0.1, 0.15) is 0 Å². The van der Waals surface area contributed by atoms with Crippen molar-refractivity contribution in [1.82, 2.24) is 5.32 Å². The maximum atomic E-state index is 12.4. The van der Waals surface area contributed by atoms with Crippen molar-refractivity contribution in [2.75, 3.05) is 12.4 Å². The highest BCUT2D eigenvalue weighted by atomic mass is 16.4. The predicted molar refractivity (Wildman–Crippen MR) is 90.8 cm³/mol. The molecule has 2 rings (SSSR count). The first-order valence-corrected chi connectivity index (χ1v) is 8.28. The maximum absolute atomic E-state index is 12.4. The van der Waals surface area contributed by atoms with Crippen molar-refractivity contribution in [3.63, 3.8) is 0 Å². The number of nitrogens with one attached hydrogen (secondary N) is 2. The van der Waals surface area contributed by atoms with Gasteiger partial charge in [0.2, 0.25) is 5.91 Å². The highest BCUT2D eigenvalue weighted by Gasteiger charge is 2.36. The first kappa shape index (κ1) is 18.0. The van der Waals surface area contributed by atoms with Crippen molar-refractivity contribution in [3.05, 3.63) is 29.8 Å². The van der Waals surface area contributed by atoms with Crippen LogP contribution in [0, 0.1) is 5.41 Å². The summed E-state index contributed by atoms with van der Waals surface area (Å²) in [6, 6.07) is 6.70. The zero-order chi connectivity index (χ0) is 17.6. The molecule has 6 nitrogen and oxygen atoms in total. The Morgan fingerprint density at radius 2 is 1.83 bits per heavy atom. The van der Waals surface area contributed by atoms with Crippen LogP contribution < -0.4 is 10.6 Å². The van der Waals surface area contributed by atoms with Crippen LogP contribution in [0.15, 0.2) is 24.3 Å². The number of anilines is 1. The Balaban J connectivity index is 2.05. The molecule has 0 spiro atoms. The van der Waals surface area contributed by atoms with Crippen LogP contribution in [-0.2, 0) is 9.59 Å². The Morgan fingerprint density at radius 1 is 1.12 bits per heavy atom. The van der Waals surface area contributed by atoms with E-state index >= 15 is 0 Å². The van der Waals surface area contributed by atoms with E-state index in [2.05, 4.69) is 10.6 Å². The van der Waals surface area contributed by atoms with Crippen LogP contribution in [0.4, 0.5) is 5.69 Å². The van der Waals surface area contributed by atoms with Gasteiger partial charge < -0.3 is 15.7 Å². The van der Waals surface area contributed by atoms with E-state index in [-0.39, 0.29) is 24.7 Å². The predicted octanol–water partition coefficient (Wildman–Crippen LogP) is 2.80. The SMILES string of the molecule is CNC(=O)c1cccc(NC(=O)CC2(CC(=O)O)CCCCC2)c1. The van der Waals surface area contributed by atoms with Crippen molar-refractivity contribution >= 4 is 23.5 Å². The number of aliphatic carboxylic acids is 1. The molecule has 2 amide bonds. The van der Waals surface area contributed by atoms with E-state index < -0.39 is 11.4 Å². The monoisotopic (exact) mass is 332 g/mol. The van der Waals surface area contributed by atoms with E-state index in [1.807, 2.05) is 0 Å². The average Bonchev–Trinajstić information content (AvgIpc) is 2.54. The lowest BCUT2D eigenvalue weighted by Gasteiger charge is -2.35. The molecule has 1 aromatic rings. The molecule has 0 aromatic heterocycles. The summed E-state index contributed by atoms with van der Waals surface area (Å²) in [6.07, 6.45) is 4.79. The van der Waals surface area contributed by atoms with Crippen LogP contribution in [0.2, 0.25) is 0 Å². The summed E-state index contributed by atoms with van der Waals surface area (Å²) in [7, 11) is 1.55. The molecule has 1 saturated carbocycles. The van der Waals surface area contributed by atoms with E-state index in [0.717, 1.165) is 32.1 Å². The van der Waals surface area contributed by atoms with Gasteiger partial charge in [-0.1, -0.05) is 25.3 Å². The minimum atomic E-state index is -0.855. The van der Waals surface area contributed by atoms with Crippen molar-refractivity contribution in [3.8, 4) is 0 Å². The van der Waals surface area contributed by atoms with Gasteiger partial charge in [0.15, 0.2) is 0 Å². The molecule has 6 heteroatoms. The lowest BCUT2D eigenvalue weighted by molar-refractivity contribution is -0.140. The molecule has 0 unspecified atom stereocenters. The highest BCUT2D eigenvalue weighted by Crippen LogP contribution is 2.42. The van der Waals surface area contributed by atoms with Gasteiger partial charge in [-0.15, -0.1) is 0 Å². The molecule has 0 atom stereocenters. The summed E-state index contributed by atoms with van der Waals surface area (Å²) in [5.41, 5.74) is 0.558. The number of benzene rings is 1. The number of carboxylic acid groups (broad SMARTS) is 1. The van der Waals surface area contributed by atoms with Crippen LogP contribution in [-0.4, -0.2) is 29.9 Å². The standard InChI is InChI=1S/C18H24N2O4/c1-19-17(24)13-6-5-7-14(10-13)20-15(21)11-18(12-16(22)23)8-3-2-4-9-18/h5-7,10H,2-4,8-9,11-12H2,1H3,(H,19,24)(H,20,21)(H,22,23). The molecule has 130 valence electrons. The molecule has 1 aliphatic rings. The number of rotatable bonds is 6. The van der Waals surface area contributed by atoms with Gasteiger partial charge in [-0.05, 0) is 36.5 Å². The minimum absolute atomic E-state index is 0.0265. The van der Waals surface area contributed by atoms with Crippen molar-refractivity contribution in [2.24, 2.45) is 5.41 Å². The van der Waals surface area contributed by atoms with Gasteiger partial charge >= 0.3 is 5.97 Å². The Morgan fingerprint density at radius 3 is 2.46 bits per heavy atom. The van der Waals surface area contributed by atoms with Gasteiger partial charge in [0.25, 0.3) is 5.91 Å². The third-order valence-electron chi connectivity index (χ3n) is 4.61. The molecule has 0 aliphatic heterocycles. The summed E-state index contributed by atoms with van der Waals surface area (Å²) >= 11 is 0. The Bertz CT molecular complexity index is 621. The summed E-state index contributed by atoms with van der Waals surface area (Å²) < 4.78 is 0. The van der Waals surface area contributed by atoms with Crippen LogP contribution in [0.1, 0.15) is 55.3 Å². The topological polar surface area (TPSA) is 95.5 Å². The second-order valence-electron chi connectivity index (χ2n) is 6.52. The highest BCUT2D eigenvalue weighted by molar-refractivity contribution is 5.97. The van der Waals surface area contributed by atoms with Crippen LogP contribution >= 0.6 is 0 Å². The Kier molecular flexibility index (Phi) is 5.95. The summed E-state index contributed by atoms with van der Waals surface area (Å²) in [5.74, 6) is -1.28. The number of carbonyl (C=O) groups is 3. The van der Waals surface area contributed by atoms with E-state index in [0.29, 0.717) is 11.3 Å². The molecule has 3 N–H and O–H groups in total. The second-order valence-corrected chi connectivity index (χ2v) is 6.52. The Labute approximate surface area is 141 Å². The number of hydrogen-bond acceptors (Lipinski definition) is 3. The lowest BCUT2D eigenvalue weighted by Crippen LogP contribution is -2.32. The first-order valence-electron chi connectivity index (χ1n) is 8.28. The van der Waals surface area contributed by atoms with Crippen LogP contribution in [0.5, 0.6) is 0 Å². The van der Waals surface area contributed by atoms with Crippen LogP contribution in [0.3, 0.4) is 0 Å². The minimum Gasteiger partial charge on any atom is -0.481 e. The van der Waals surface area contributed by atoms with E-state index in [9.17, 15) is 19.5 Å². The number of amides is 2. The molecular formula is C18H24N2O4. The van der Waals surface area contributed by atoms with E-state index in [1.165, 1.54) is 0 Å². The molecule has 0 saturated heterocycles. The number of hydrogen-bond donors (Lipinski definition) is 3. The largest absolute Gasteiger partial charge is 0.481 e. The molecule has 0 heterocycles. The Hall–Kier alpha value is -2.37. The quantitative estimate of drug-likeness (QED) is 0.746. The molecule has 24 heavy (non-hydrogen) atoms. The summed E-state index contributed by atoms with van der Waals surface area (Å²) in [5, 5.41) is 14.5. The van der Waals surface area contributed by atoms with Crippen LogP contribution in [0.25, 0.3) is 0 Å². The molecule has 1 fully saturated rings. The van der Waals surface area contributed by atoms with Crippen molar-refractivity contribution in [1.29, 1.82) is 0 Å². The van der Waals surface area contributed by atoms with E-state index in [1.54, 1.807) is 31.3 Å². The zero-order valence-electron chi connectivity index (χ0n) is 13.9. The van der Waals surface area contributed by atoms with Crippen molar-refractivity contribution < 1.29 is 19.5 Å². The van der Waals surface area contributed by atoms with Gasteiger partial charge in [0, 0.05) is 24.7 Å².